The van der Waals surface area contributed by atoms with E-state index in [2.05, 4.69) is 27.5 Å². The zero-order chi connectivity index (χ0) is 11.4. The molecule has 1 fully saturated rings. The van der Waals surface area contributed by atoms with Crippen molar-refractivity contribution in [3.63, 3.8) is 0 Å². The molecule has 1 saturated heterocycles. The van der Waals surface area contributed by atoms with Crippen LogP contribution in [0.1, 0.15) is 30.3 Å². The zero-order valence-electron chi connectivity index (χ0n) is 10.2. The van der Waals surface area contributed by atoms with Crippen LogP contribution in [0.15, 0.2) is 18.6 Å². The fraction of sp³-hybridized carbons (Fsp3) is 0.545. The van der Waals surface area contributed by atoms with E-state index in [0.29, 0.717) is 5.69 Å². The van der Waals surface area contributed by atoms with Gasteiger partial charge in [-0.15, -0.1) is 24.8 Å². The van der Waals surface area contributed by atoms with E-state index in [1.54, 1.807) is 6.20 Å². The summed E-state index contributed by atoms with van der Waals surface area (Å²) in [6.07, 6.45) is 6.46. The lowest BCUT2D eigenvalue weighted by atomic mass is 9.90. The first-order valence-electron chi connectivity index (χ1n) is 5.49. The molecule has 1 aromatic heterocycles. The Morgan fingerprint density at radius 1 is 1.33 bits per heavy atom. The molecule has 5 nitrogen and oxygen atoms in total. The van der Waals surface area contributed by atoms with Gasteiger partial charge in [-0.2, -0.15) is 0 Å². The summed E-state index contributed by atoms with van der Waals surface area (Å²) in [6, 6.07) is 0. The quantitative estimate of drug-likeness (QED) is 0.859. The molecule has 0 saturated carbocycles. The molecule has 2 rings (SSSR count). The summed E-state index contributed by atoms with van der Waals surface area (Å²) < 4.78 is 0. The summed E-state index contributed by atoms with van der Waals surface area (Å²) in [7, 11) is 0. The smallest absolute Gasteiger partial charge is 0.271 e. The highest BCUT2D eigenvalue weighted by molar-refractivity contribution is 5.92. The number of rotatable bonds is 2. The van der Waals surface area contributed by atoms with Crippen LogP contribution < -0.4 is 10.6 Å². The minimum Gasteiger partial charge on any atom is -0.345 e. The average Bonchev–Trinajstić information content (AvgIpc) is 2.30. The summed E-state index contributed by atoms with van der Waals surface area (Å²) in [5.41, 5.74) is 0.252. The molecule has 0 aliphatic carbocycles. The third-order valence-electron chi connectivity index (χ3n) is 2.92. The van der Waals surface area contributed by atoms with E-state index < -0.39 is 0 Å². The van der Waals surface area contributed by atoms with Crippen molar-refractivity contribution in [1.29, 1.82) is 0 Å². The van der Waals surface area contributed by atoms with Crippen LogP contribution in [-0.2, 0) is 0 Å². The van der Waals surface area contributed by atoms with Crippen molar-refractivity contribution in [3.8, 4) is 0 Å². The van der Waals surface area contributed by atoms with Gasteiger partial charge in [0.05, 0.1) is 6.20 Å². The molecule has 0 atom stereocenters. The molecule has 0 radical (unpaired) electrons. The molecule has 2 heterocycles. The highest BCUT2D eigenvalue weighted by atomic mass is 35.5. The van der Waals surface area contributed by atoms with E-state index >= 15 is 0 Å². The number of carbonyl (C=O) groups is 1. The van der Waals surface area contributed by atoms with Crippen molar-refractivity contribution in [3.05, 3.63) is 24.3 Å². The van der Waals surface area contributed by atoms with E-state index in [-0.39, 0.29) is 36.3 Å². The van der Waals surface area contributed by atoms with Gasteiger partial charge < -0.3 is 10.6 Å². The molecule has 1 aromatic rings. The van der Waals surface area contributed by atoms with E-state index in [0.717, 1.165) is 25.9 Å². The molecular formula is C11H18Cl2N4O. The van der Waals surface area contributed by atoms with Crippen LogP contribution in [0.3, 0.4) is 0 Å². The molecule has 2 N–H and O–H groups in total. The lowest BCUT2D eigenvalue weighted by Crippen LogP contribution is -2.52. The summed E-state index contributed by atoms with van der Waals surface area (Å²) in [5.74, 6) is -0.141. The summed E-state index contributed by atoms with van der Waals surface area (Å²) in [5, 5.41) is 6.30. The number of nitrogens with one attached hydrogen (secondary N) is 2. The Morgan fingerprint density at radius 2 is 2.00 bits per heavy atom. The van der Waals surface area contributed by atoms with Crippen molar-refractivity contribution in [1.82, 2.24) is 20.6 Å². The van der Waals surface area contributed by atoms with Crippen LogP contribution in [-0.4, -0.2) is 34.5 Å². The molecule has 1 aliphatic heterocycles. The maximum atomic E-state index is 11.9. The number of amides is 1. The fourth-order valence-electron chi connectivity index (χ4n) is 1.86. The first kappa shape index (κ1) is 17.1. The van der Waals surface area contributed by atoms with Crippen LogP contribution in [0.2, 0.25) is 0 Å². The Hall–Kier alpha value is -0.910. The Labute approximate surface area is 119 Å². The maximum Gasteiger partial charge on any atom is 0.271 e. The summed E-state index contributed by atoms with van der Waals surface area (Å²) in [4.78, 5) is 19.8. The van der Waals surface area contributed by atoms with Crippen LogP contribution in [0.5, 0.6) is 0 Å². The van der Waals surface area contributed by atoms with Crippen molar-refractivity contribution >= 4 is 30.7 Å². The van der Waals surface area contributed by atoms with Crippen molar-refractivity contribution in [2.24, 2.45) is 0 Å². The molecule has 7 heteroatoms. The van der Waals surface area contributed by atoms with Crippen LogP contribution >= 0.6 is 24.8 Å². The van der Waals surface area contributed by atoms with Gasteiger partial charge in [-0.05, 0) is 32.9 Å². The lowest BCUT2D eigenvalue weighted by molar-refractivity contribution is 0.0882. The predicted molar refractivity (Wildman–Crippen MR) is 74.5 cm³/mol. The van der Waals surface area contributed by atoms with Crippen molar-refractivity contribution in [2.45, 2.75) is 25.3 Å². The number of aromatic nitrogens is 2. The van der Waals surface area contributed by atoms with Gasteiger partial charge in [0.2, 0.25) is 0 Å². The van der Waals surface area contributed by atoms with Crippen LogP contribution in [0.4, 0.5) is 0 Å². The van der Waals surface area contributed by atoms with Gasteiger partial charge in [0.15, 0.2) is 0 Å². The second-order valence-corrected chi connectivity index (χ2v) is 4.36. The van der Waals surface area contributed by atoms with E-state index in [9.17, 15) is 4.79 Å². The molecule has 1 aliphatic rings. The standard InChI is InChI=1S/C11H16N4O.2ClH/c1-11(2-4-12-5-3-11)15-10(16)9-8-13-6-7-14-9;;/h6-8,12H,2-5H2,1H3,(H,15,16);2*1H. The van der Waals surface area contributed by atoms with Crippen LogP contribution in [0, 0.1) is 0 Å². The largest absolute Gasteiger partial charge is 0.345 e. The van der Waals surface area contributed by atoms with Gasteiger partial charge in [-0.25, -0.2) is 4.98 Å². The normalized spacial score (nSPS) is 16.9. The number of nitrogens with zero attached hydrogens (tertiary/aromatic N) is 2. The van der Waals surface area contributed by atoms with Gasteiger partial charge in [0, 0.05) is 17.9 Å². The second-order valence-electron chi connectivity index (χ2n) is 4.36. The molecule has 0 aromatic carbocycles. The Kier molecular flexibility index (Phi) is 7.13. The minimum absolute atomic E-state index is 0. The van der Waals surface area contributed by atoms with Gasteiger partial charge >= 0.3 is 0 Å². The Bertz CT molecular complexity index is 369. The second kappa shape index (κ2) is 7.51. The molecule has 18 heavy (non-hydrogen) atoms. The van der Waals surface area contributed by atoms with Gasteiger partial charge in [-0.1, -0.05) is 0 Å². The monoisotopic (exact) mass is 292 g/mol. The van der Waals surface area contributed by atoms with E-state index in [1.165, 1.54) is 12.4 Å². The Morgan fingerprint density at radius 3 is 2.56 bits per heavy atom. The number of hydrogen-bond acceptors (Lipinski definition) is 4. The minimum atomic E-state index is -0.141. The maximum absolute atomic E-state index is 11.9. The van der Waals surface area contributed by atoms with E-state index in [4.69, 9.17) is 0 Å². The molecule has 0 bridgehead atoms. The first-order valence-corrected chi connectivity index (χ1v) is 5.49. The first-order chi connectivity index (χ1) is 7.70. The topological polar surface area (TPSA) is 66.9 Å². The van der Waals surface area contributed by atoms with Gasteiger partial charge in [0.1, 0.15) is 5.69 Å². The molecule has 1 amide bonds. The van der Waals surface area contributed by atoms with E-state index in [1.807, 2.05) is 0 Å². The van der Waals surface area contributed by atoms with Gasteiger partial charge in [0.25, 0.3) is 5.91 Å². The number of hydrogen-bond donors (Lipinski definition) is 2. The number of carbonyl (C=O) groups excluding carboxylic acids is 1. The SMILES string of the molecule is CC1(NC(=O)c2cnccn2)CCNCC1.Cl.Cl. The molecule has 102 valence electrons. The zero-order valence-corrected chi connectivity index (χ0v) is 11.8. The molecule has 0 spiro atoms. The lowest BCUT2D eigenvalue weighted by Gasteiger charge is -2.34. The third-order valence-corrected chi connectivity index (χ3v) is 2.92. The number of piperidine rings is 1. The molecular weight excluding hydrogens is 275 g/mol. The van der Waals surface area contributed by atoms with Crippen LogP contribution in [0.25, 0.3) is 0 Å². The number of halogens is 2. The summed E-state index contributed by atoms with van der Waals surface area (Å²) >= 11 is 0. The fourth-order valence-corrected chi connectivity index (χ4v) is 1.86. The van der Waals surface area contributed by atoms with Gasteiger partial charge in [-0.3, -0.25) is 9.78 Å². The highest BCUT2D eigenvalue weighted by Crippen LogP contribution is 2.17. The summed E-state index contributed by atoms with van der Waals surface area (Å²) in [6.45, 7) is 3.95. The predicted octanol–water partition coefficient (Wildman–Crippen LogP) is 1.19. The Balaban J connectivity index is 0.00000144. The highest BCUT2D eigenvalue weighted by Gasteiger charge is 2.28. The molecule has 0 unspecified atom stereocenters. The average molecular weight is 293 g/mol. The third kappa shape index (κ3) is 4.40. The van der Waals surface area contributed by atoms with Crippen molar-refractivity contribution in [2.75, 3.05) is 13.1 Å². The van der Waals surface area contributed by atoms with Crippen molar-refractivity contribution < 1.29 is 4.79 Å².